The number of hydrogen-bond donors (Lipinski definition) is 0. The molecule has 1 aromatic carbocycles. The van der Waals surface area contributed by atoms with Crippen LogP contribution < -0.4 is 0 Å². The van der Waals surface area contributed by atoms with E-state index >= 15 is 0 Å². The van der Waals surface area contributed by atoms with Crippen LogP contribution >= 0.6 is 23.2 Å². The van der Waals surface area contributed by atoms with Crippen molar-refractivity contribution in [3.63, 3.8) is 0 Å². The van der Waals surface area contributed by atoms with E-state index in [0.29, 0.717) is 5.02 Å². The second-order valence-electron chi connectivity index (χ2n) is 5.06. The van der Waals surface area contributed by atoms with Gasteiger partial charge < -0.3 is 0 Å². The molecule has 2 unspecified atom stereocenters. The molecule has 1 aliphatic carbocycles. The summed E-state index contributed by atoms with van der Waals surface area (Å²) >= 11 is 12.2. The summed E-state index contributed by atoms with van der Waals surface area (Å²) in [5.41, 5.74) is 1.24. The van der Waals surface area contributed by atoms with Crippen molar-refractivity contribution < 1.29 is 4.39 Å². The second kappa shape index (κ2) is 4.54. The van der Waals surface area contributed by atoms with E-state index in [2.05, 4.69) is 6.92 Å². The molecule has 88 valence electrons. The van der Waals surface area contributed by atoms with Gasteiger partial charge in [0.05, 0.1) is 0 Å². The Labute approximate surface area is 106 Å². The Balaban J connectivity index is 2.14. The van der Waals surface area contributed by atoms with Gasteiger partial charge >= 0.3 is 0 Å². The molecule has 0 heterocycles. The highest BCUT2D eigenvalue weighted by Gasteiger charge is 2.34. The summed E-state index contributed by atoms with van der Waals surface area (Å²) in [4.78, 5) is 0. The van der Waals surface area contributed by atoms with E-state index in [1.54, 1.807) is 6.07 Å². The molecule has 2 rings (SSSR count). The average Bonchev–Trinajstić information content (AvgIpc) is 2.52. The Hall–Kier alpha value is -0.270. The molecule has 16 heavy (non-hydrogen) atoms. The molecule has 1 aromatic rings. The van der Waals surface area contributed by atoms with Gasteiger partial charge in [-0.25, -0.2) is 4.39 Å². The van der Waals surface area contributed by atoms with Crippen molar-refractivity contribution in [1.29, 1.82) is 0 Å². The van der Waals surface area contributed by atoms with Crippen LogP contribution in [0, 0.1) is 11.2 Å². The fourth-order valence-corrected chi connectivity index (χ4v) is 3.24. The van der Waals surface area contributed by atoms with Gasteiger partial charge in [-0.2, -0.15) is 0 Å². The SMILES string of the molecule is CC1(Cc2ccc(F)cc2Cl)CCC(Cl)C1. The van der Waals surface area contributed by atoms with Crippen LogP contribution in [-0.2, 0) is 6.42 Å². The molecule has 0 saturated heterocycles. The summed E-state index contributed by atoms with van der Waals surface area (Å²) in [7, 11) is 0. The first-order chi connectivity index (χ1) is 7.48. The van der Waals surface area contributed by atoms with Crippen molar-refractivity contribution in [2.24, 2.45) is 5.41 Å². The molecular formula is C13H15Cl2F. The minimum absolute atomic E-state index is 0.216. The highest BCUT2D eigenvalue weighted by Crippen LogP contribution is 2.43. The molecule has 0 N–H and O–H groups in total. The summed E-state index contributed by atoms with van der Waals surface area (Å²) in [5.74, 6) is -0.277. The molecule has 1 aliphatic rings. The quantitative estimate of drug-likeness (QED) is 0.669. The Morgan fingerprint density at radius 3 is 2.81 bits per heavy atom. The predicted octanol–water partition coefficient (Wildman–Crippen LogP) is 4.82. The first-order valence-electron chi connectivity index (χ1n) is 5.56. The molecule has 0 aliphatic heterocycles. The number of hydrogen-bond acceptors (Lipinski definition) is 0. The summed E-state index contributed by atoms with van der Waals surface area (Å²) in [6.07, 6.45) is 4.09. The molecule has 0 nitrogen and oxygen atoms in total. The lowest BCUT2D eigenvalue weighted by Gasteiger charge is -2.24. The maximum atomic E-state index is 12.9. The monoisotopic (exact) mass is 260 g/mol. The fourth-order valence-electron chi connectivity index (χ4n) is 2.53. The van der Waals surface area contributed by atoms with Crippen molar-refractivity contribution in [2.75, 3.05) is 0 Å². The van der Waals surface area contributed by atoms with E-state index in [1.807, 2.05) is 0 Å². The molecule has 0 spiro atoms. The molecule has 0 radical (unpaired) electrons. The standard InChI is InChI=1S/C13H15Cl2F/c1-13(5-4-10(14)8-13)7-9-2-3-11(16)6-12(9)15/h2-3,6,10H,4-5,7-8H2,1H3. The van der Waals surface area contributed by atoms with Crippen LogP contribution in [0.25, 0.3) is 0 Å². The number of rotatable bonds is 2. The van der Waals surface area contributed by atoms with Gasteiger partial charge in [0.2, 0.25) is 0 Å². The van der Waals surface area contributed by atoms with Crippen molar-refractivity contribution in [1.82, 2.24) is 0 Å². The van der Waals surface area contributed by atoms with E-state index in [0.717, 1.165) is 31.2 Å². The zero-order valence-electron chi connectivity index (χ0n) is 9.27. The van der Waals surface area contributed by atoms with E-state index in [4.69, 9.17) is 23.2 Å². The van der Waals surface area contributed by atoms with Crippen molar-refractivity contribution in [2.45, 2.75) is 38.0 Å². The van der Waals surface area contributed by atoms with Gasteiger partial charge in [-0.05, 0) is 48.8 Å². The summed E-state index contributed by atoms with van der Waals surface area (Å²) in [6.45, 7) is 2.23. The molecule has 3 heteroatoms. The third-order valence-electron chi connectivity index (χ3n) is 3.41. The topological polar surface area (TPSA) is 0 Å². The lowest BCUT2D eigenvalue weighted by atomic mass is 9.82. The summed E-state index contributed by atoms with van der Waals surface area (Å²) < 4.78 is 12.9. The first-order valence-corrected chi connectivity index (χ1v) is 6.38. The Morgan fingerprint density at radius 2 is 2.25 bits per heavy atom. The Kier molecular flexibility index (Phi) is 3.46. The Bertz CT molecular complexity index is 392. The van der Waals surface area contributed by atoms with Crippen LogP contribution in [0.5, 0.6) is 0 Å². The van der Waals surface area contributed by atoms with Gasteiger partial charge in [0.15, 0.2) is 0 Å². The first kappa shape index (κ1) is 12.2. The highest BCUT2D eigenvalue weighted by atomic mass is 35.5. The van der Waals surface area contributed by atoms with Crippen LogP contribution in [0.1, 0.15) is 31.7 Å². The average molecular weight is 261 g/mol. The molecule has 0 amide bonds. The lowest BCUT2D eigenvalue weighted by molar-refractivity contribution is 0.335. The van der Waals surface area contributed by atoms with Crippen LogP contribution in [0.2, 0.25) is 5.02 Å². The Morgan fingerprint density at radius 1 is 1.50 bits per heavy atom. The predicted molar refractivity (Wildman–Crippen MR) is 66.7 cm³/mol. The zero-order chi connectivity index (χ0) is 11.8. The second-order valence-corrected chi connectivity index (χ2v) is 6.09. The largest absolute Gasteiger partial charge is 0.207 e. The van der Waals surface area contributed by atoms with Gasteiger partial charge in [0.1, 0.15) is 5.82 Å². The van der Waals surface area contributed by atoms with Gasteiger partial charge in [-0.1, -0.05) is 24.6 Å². The minimum atomic E-state index is -0.277. The summed E-state index contributed by atoms with van der Waals surface area (Å²) in [5, 5.41) is 0.809. The van der Waals surface area contributed by atoms with Gasteiger partial charge in [0.25, 0.3) is 0 Å². The van der Waals surface area contributed by atoms with Crippen molar-refractivity contribution in [3.05, 3.63) is 34.6 Å². The zero-order valence-corrected chi connectivity index (χ0v) is 10.8. The number of halogens is 3. The maximum absolute atomic E-state index is 12.9. The van der Waals surface area contributed by atoms with Gasteiger partial charge in [-0.3, -0.25) is 0 Å². The number of alkyl halides is 1. The van der Waals surface area contributed by atoms with Crippen molar-refractivity contribution >= 4 is 23.2 Å². The molecule has 2 atom stereocenters. The fraction of sp³-hybridized carbons (Fsp3) is 0.538. The third kappa shape index (κ3) is 2.70. The van der Waals surface area contributed by atoms with E-state index in [-0.39, 0.29) is 16.6 Å². The lowest BCUT2D eigenvalue weighted by Crippen LogP contribution is -2.16. The normalized spacial score (nSPS) is 29.6. The molecule has 0 bridgehead atoms. The summed E-state index contributed by atoms with van der Waals surface area (Å²) in [6, 6.07) is 4.63. The van der Waals surface area contributed by atoms with Gasteiger partial charge in [-0.15, -0.1) is 11.6 Å². The van der Waals surface area contributed by atoms with Crippen LogP contribution in [-0.4, -0.2) is 5.38 Å². The molecule has 1 saturated carbocycles. The minimum Gasteiger partial charge on any atom is -0.207 e. The molecule has 1 fully saturated rings. The van der Waals surface area contributed by atoms with E-state index in [9.17, 15) is 4.39 Å². The van der Waals surface area contributed by atoms with E-state index < -0.39 is 0 Å². The van der Waals surface area contributed by atoms with Gasteiger partial charge in [0, 0.05) is 10.4 Å². The smallest absolute Gasteiger partial charge is 0.124 e. The van der Waals surface area contributed by atoms with Crippen LogP contribution in [0.4, 0.5) is 4.39 Å². The van der Waals surface area contributed by atoms with Crippen molar-refractivity contribution in [3.8, 4) is 0 Å². The van der Waals surface area contributed by atoms with Crippen LogP contribution in [0.15, 0.2) is 18.2 Å². The van der Waals surface area contributed by atoms with Crippen LogP contribution in [0.3, 0.4) is 0 Å². The van der Waals surface area contributed by atoms with E-state index in [1.165, 1.54) is 12.1 Å². The number of benzene rings is 1. The highest BCUT2D eigenvalue weighted by molar-refractivity contribution is 6.31. The maximum Gasteiger partial charge on any atom is 0.124 e. The molecular weight excluding hydrogens is 246 g/mol. The molecule has 0 aromatic heterocycles. The third-order valence-corrected chi connectivity index (χ3v) is 4.13.